The summed E-state index contributed by atoms with van der Waals surface area (Å²) in [5, 5.41) is 2.98. The lowest BCUT2D eigenvalue weighted by molar-refractivity contribution is -0.123. The smallest absolute Gasteiger partial charge is 0.236 e. The minimum absolute atomic E-state index is 0.0354. The van der Waals surface area contributed by atoms with Gasteiger partial charge in [0.05, 0.1) is 6.04 Å². The van der Waals surface area contributed by atoms with Gasteiger partial charge in [-0.25, -0.2) is 0 Å². The molecule has 4 heteroatoms. The summed E-state index contributed by atoms with van der Waals surface area (Å²) < 4.78 is 0. The molecule has 1 amide bonds. The average molecular weight is 199 g/mol. The van der Waals surface area contributed by atoms with Gasteiger partial charge >= 0.3 is 0 Å². The van der Waals surface area contributed by atoms with E-state index in [1.165, 1.54) is 0 Å². The van der Waals surface area contributed by atoms with Crippen LogP contribution in [0, 0.1) is 0 Å². The van der Waals surface area contributed by atoms with Crippen molar-refractivity contribution in [1.29, 1.82) is 0 Å². The molecule has 0 aromatic rings. The number of nitrogens with one attached hydrogen (secondary N) is 1. The largest absolute Gasteiger partial charge is 0.352 e. The summed E-state index contributed by atoms with van der Waals surface area (Å²) in [6, 6.07) is 0.451. The van der Waals surface area contributed by atoms with Crippen LogP contribution in [0.25, 0.3) is 0 Å². The van der Waals surface area contributed by atoms with Crippen LogP contribution in [0.2, 0.25) is 0 Å². The first-order valence-corrected chi connectivity index (χ1v) is 5.27. The molecule has 1 aliphatic rings. The zero-order valence-corrected chi connectivity index (χ0v) is 9.29. The van der Waals surface area contributed by atoms with E-state index in [4.69, 9.17) is 5.73 Å². The molecule has 1 fully saturated rings. The number of nitrogens with two attached hydrogens (primary N) is 1. The highest BCUT2D eigenvalue weighted by atomic mass is 16.2. The Morgan fingerprint density at radius 3 is 2.79 bits per heavy atom. The lowest BCUT2D eigenvalue weighted by atomic mass is 9.99. The van der Waals surface area contributed by atoms with E-state index in [1.54, 1.807) is 6.92 Å². The van der Waals surface area contributed by atoms with Crippen molar-refractivity contribution in [2.45, 2.75) is 44.8 Å². The van der Waals surface area contributed by atoms with E-state index in [2.05, 4.69) is 24.2 Å². The number of hydrogen-bond acceptors (Lipinski definition) is 3. The first kappa shape index (κ1) is 11.5. The lowest BCUT2D eigenvalue weighted by Gasteiger charge is -2.35. The zero-order chi connectivity index (χ0) is 10.7. The molecule has 3 atom stereocenters. The van der Waals surface area contributed by atoms with Crippen LogP contribution in [0.3, 0.4) is 0 Å². The number of amides is 1. The Hall–Kier alpha value is -0.610. The van der Waals surface area contributed by atoms with Crippen LogP contribution in [0.15, 0.2) is 0 Å². The summed E-state index contributed by atoms with van der Waals surface area (Å²) in [4.78, 5) is 13.7. The standard InChI is InChI=1S/C10H21N3O/c1-7-6-9(4-5-13(7)3)12-10(14)8(2)11/h7-9H,4-6,11H2,1-3H3,(H,12,14)/t7?,8-,9?/m1/s1. The molecule has 1 saturated heterocycles. The van der Waals surface area contributed by atoms with Gasteiger partial charge in [0.25, 0.3) is 0 Å². The molecule has 0 aliphatic carbocycles. The number of rotatable bonds is 2. The van der Waals surface area contributed by atoms with Crippen molar-refractivity contribution in [3.05, 3.63) is 0 Å². The second-order valence-electron chi connectivity index (χ2n) is 4.35. The molecule has 2 unspecified atom stereocenters. The third kappa shape index (κ3) is 2.96. The van der Waals surface area contributed by atoms with Crippen LogP contribution in [-0.2, 0) is 4.79 Å². The third-order valence-corrected chi connectivity index (χ3v) is 2.97. The molecular formula is C10H21N3O. The van der Waals surface area contributed by atoms with Crippen molar-refractivity contribution in [1.82, 2.24) is 10.2 Å². The van der Waals surface area contributed by atoms with E-state index in [1.807, 2.05) is 0 Å². The Labute approximate surface area is 85.8 Å². The molecule has 82 valence electrons. The number of hydrogen-bond donors (Lipinski definition) is 2. The van der Waals surface area contributed by atoms with Gasteiger partial charge in [-0.1, -0.05) is 0 Å². The van der Waals surface area contributed by atoms with Gasteiger partial charge in [-0.15, -0.1) is 0 Å². The molecule has 0 aromatic carbocycles. The Balaban J connectivity index is 2.37. The molecule has 3 N–H and O–H groups in total. The molecule has 0 bridgehead atoms. The van der Waals surface area contributed by atoms with Crippen LogP contribution < -0.4 is 11.1 Å². The molecule has 1 heterocycles. The molecule has 0 radical (unpaired) electrons. The maximum Gasteiger partial charge on any atom is 0.236 e. The summed E-state index contributed by atoms with van der Waals surface area (Å²) >= 11 is 0. The van der Waals surface area contributed by atoms with Crippen molar-refractivity contribution in [3.63, 3.8) is 0 Å². The molecule has 0 aromatic heterocycles. The normalized spacial score (nSPS) is 31.1. The van der Waals surface area contributed by atoms with Gasteiger partial charge in [-0.05, 0) is 33.7 Å². The Bertz CT molecular complexity index is 206. The molecule has 0 saturated carbocycles. The number of likely N-dealkylation sites (tertiary alicyclic amines) is 1. The van der Waals surface area contributed by atoms with Crippen molar-refractivity contribution < 1.29 is 4.79 Å². The third-order valence-electron chi connectivity index (χ3n) is 2.97. The van der Waals surface area contributed by atoms with E-state index in [-0.39, 0.29) is 5.91 Å². The molecule has 1 aliphatic heterocycles. The van der Waals surface area contributed by atoms with Crippen LogP contribution >= 0.6 is 0 Å². The van der Waals surface area contributed by atoms with E-state index in [0.29, 0.717) is 12.1 Å². The fraction of sp³-hybridized carbons (Fsp3) is 0.900. The fourth-order valence-electron chi connectivity index (χ4n) is 1.75. The molecular weight excluding hydrogens is 178 g/mol. The van der Waals surface area contributed by atoms with Crippen molar-refractivity contribution >= 4 is 5.91 Å². The summed E-state index contributed by atoms with van der Waals surface area (Å²) in [6.07, 6.45) is 2.05. The quantitative estimate of drug-likeness (QED) is 0.654. The van der Waals surface area contributed by atoms with Gasteiger partial charge in [0.2, 0.25) is 5.91 Å². The number of carbonyl (C=O) groups excluding carboxylic acids is 1. The fourth-order valence-corrected chi connectivity index (χ4v) is 1.75. The first-order valence-electron chi connectivity index (χ1n) is 5.27. The van der Waals surface area contributed by atoms with Gasteiger partial charge in [-0.3, -0.25) is 4.79 Å². The number of carbonyl (C=O) groups is 1. The van der Waals surface area contributed by atoms with E-state index >= 15 is 0 Å². The van der Waals surface area contributed by atoms with Crippen LogP contribution in [0.1, 0.15) is 26.7 Å². The summed E-state index contributed by atoms with van der Waals surface area (Å²) in [5.74, 6) is -0.0354. The highest BCUT2D eigenvalue weighted by molar-refractivity contribution is 5.81. The van der Waals surface area contributed by atoms with Crippen LogP contribution in [-0.4, -0.2) is 42.5 Å². The van der Waals surface area contributed by atoms with E-state index in [9.17, 15) is 4.79 Å². The maximum atomic E-state index is 11.3. The monoisotopic (exact) mass is 199 g/mol. The van der Waals surface area contributed by atoms with E-state index in [0.717, 1.165) is 19.4 Å². The Morgan fingerprint density at radius 2 is 2.29 bits per heavy atom. The topological polar surface area (TPSA) is 58.4 Å². The molecule has 14 heavy (non-hydrogen) atoms. The minimum Gasteiger partial charge on any atom is -0.352 e. The van der Waals surface area contributed by atoms with Gasteiger partial charge in [0.1, 0.15) is 0 Å². The summed E-state index contributed by atoms with van der Waals surface area (Å²) in [7, 11) is 2.12. The summed E-state index contributed by atoms with van der Waals surface area (Å²) in [5.41, 5.74) is 5.49. The second-order valence-corrected chi connectivity index (χ2v) is 4.35. The molecule has 1 rings (SSSR count). The maximum absolute atomic E-state index is 11.3. The first-order chi connectivity index (χ1) is 6.50. The van der Waals surface area contributed by atoms with Crippen molar-refractivity contribution in [2.24, 2.45) is 5.73 Å². The zero-order valence-electron chi connectivity index (χ0n) is 9.29. The summed E-state index contributed by atoms with van der Waals surface area (Å²) in [6.45, 7) is 4.95. The SMILES string of the molecule is CC1CC(NC(=O)[C@@H](C)N)CCN1C. The number of nitrogens with zero attached hydrogens (tertiary/aromatic N) is 1. The van der Waals surface area contributed by atoms with Gasteiger partial charge in [-0.2, -0.15) is 0 Å². The van der Waals surface area contributed by atoms with Crippen LogP contribution in [0.5, 0.6) is 0 Å². The van der Waals surface area contributed by atoms with Crippen LogP contribution in [0.4, 0.5) is 0 Å². The van der Waals surface area contributed by atoms with Gasteiger partial charge in [0, 0.05) is 18.6 Å². The van der Waals surface area contributed by atoms with Crippen molar-refractivity contribution in [2.75, 3.05) is 13.6 Å². The van der Waals surface area contributed by atoms with E-state index < -0.39 is 6.04 Å². The number of piperidine rings is 1. The van der Waals surface area contributed by atoms with Crippen molar-refractivity contribution in [3.8, 4) is 0 Å². The highest BCUT2D eigenvalue weighted by Crippen LogP contribution is 2.15. The Kier molecular flexibility index (Phi) is 3.89. The second kappa shape index (κ2) is 4.75. The average Bonchev–Trinajstić information content (AvgIpc) is 2.11. The predicted molar refractivity (Wildman–Crippen MR) is 56.9 cm³/mol. The minimum atomic E-state index is -0.398. The highest BCUT2D eigenvalue weighted by Gasteiger charge is 2.24. The Morgan fingerprint density at radius 1 is 1.64 bits per heavy atom. The lowest BCUT2D eigenvalue weighted by Crippen LogP contribution is -2.50. The van der Waals surface area contributed by atoms with Gasteiger partial charge in [0.15, 0.2) is 0 Å². The van der Waals surface area contributed by atoms with Gasteiger partial charge < -0.3 is 16.0 Å². The molecule has 0 spiro atoms. The predicted octanol–water partition coefficient (Wildman–Crippen LogP) is -0.0675. The molecule has 4 nitrogen and oxygen atoms in total.